The molecule has 2 aromatic heterocycles. The Morgan fingerprint density at radius 3 is 2.53 bits per heavy atom. The van der Waals surface area contributed by atoms with Gasteiger partial charge in [-0.25, -0.2) is 4.98 Å². The molecule has 0 saturated heterocycles. The molecule has 0 bridgehead atoms. The van der Waals surface area contributed by atoms with Crippen molar-refractivity contribution in [2.45, 2.75) is 5.88 Å². The molecule has 0 N–H and O–H groups in total. The number of pyridine rings is 1. The Morgan fingerprint density at radius 2 is 1.84 bits per heavy atom. The van der Waals surface area contributed by atoms with Gasteiger partial charge in [-0.1, -0.05) is 34.1 Å². The van der Waals surface area contributed by atoms with E-state index in [2.05, 4.69) is 20.9 Å². The van der Waals surface area contributed by atoms with Crippen molar-refractivity contribution in [3.63, 3.8) is 0 Å². The number of hydrogen-bond acceptors (Lipinski definition) is 1. The predicted molar refractivity (Wildman–Crippen MR) is 85.1 cm³/mol. The Balaban J connectivity index is 0.00000133. The topological polar surface area (TPSA) is 17.3 Å². The molecule has 19 heavy (non-hydrogen) atoms. The first-order valence-corrected chi connectivity index (χ1v) is 6.90. The van der Waals surface area contributed by atoms with Crippen LogP contribution in [0.3, 0.4) is 0 Å². The second kappa shape index (κ2) is 5.95. The maximum absolute atomic E-state index is 6.06. The standard InChI is InChI=1S/C14H10BrClN2.ClH/c15-11-6-4-10(5-7-11)14-12(9-16)18-8-2-1-3-13(18)17-14;/h1-8H,9H2;1H. The minimum absolute atomic E-state index is 0. The number of rotatable bonds is 2. The molecule has 0 fully saturated rings. The normalized spacial score (nSPS) is 10.4. The van der Waals surface area contributed by atoms with Crippen LogP contribution in [-0.2, 0) is 5.88 Å². The van der Waals surface area contributed by atoms with Gasteiger partial charge in [0.2, 0.25) is 0 Å². The molecule has 0 spiro atoms. The first-order chi connectivity index (χ1) is 8.79. The summed E-state index contributed by atoms with van der Waals surface area (Å²) in [4.78, 5) is 4.65. The summed E-state index contributed by atoms with van der Waals surface area (Å²) in [5, 5.41) is 0. The van der Waals surface area contributed by atoms with Gasteiger partial charge in [0.05, 0.1) is 17.3 Å². The van der Waals surface area contributed by atoms with Crippen LogP contribution in [0.5, 0.6) is 0 Å². The summed E-state index contributed by atoms with van der Waals surface area (Å²) in [5.74, 6) is 0.441. The van der Waals surface area contributed by atoms with E-state index in [9.17, 15) is 0 Å². The van der Waals surface area contributed by atoms with Crippen molar-refractivity contribution in [3.05, 3.63) is 58.8 Å². The van der Waals surface area contributed by atoms with Crippen LogP contribution in [0.4, 0.5) is 0 Å². The number of fused-ring (bicyclic) bond motifs is 1. The van der Waals surface area contributed by atoms with Crippen molar-refractivity contribution in [2.75, 3.05) is 0 Å². The number of imidazole rings is 1. The van der Waals surface area contributed by atoms with Crippen molar-refractivity contribution >= 4 is 45.6 Å². The van der Waals surface area contributed by atoms with E-state index in [-0.39, 0.29) is 12.4 Å². The molecule has 0 saturated carbocycles. The first kappa shape index (κ1) is 14.4. The molecule has 0 aliphatic rings. The van der Waals surface area contributed by atoms with Gasteiger partial charge in [0.25, 0.3) is 0 Å². The Morgan fingerprint density at radius 1 is 1.11 bits per heavy atom. The minimum Gasteiger partial charge on any atom is -0.302 e. The summed E-state index contributed by atoms with van der Waals surface area (Å²) in [7, 11) is 0. The van der Waals surface area contributed by atoms with Crippen LogP contribution in [0.2, 0.25) is 0 Å². The van der Waals surface area contributed by atoms with E-state index in [4.69, 9.17) is 11.6 Å². The van der Waals surface area contributed by atoms with Crippen LogP contribution >= 0.6 is 39.9 Å². The van der Waals surface area contributed by atoms with Gasteiger partial charge in [-0.3, -0.25) is 0 Å². The van der Waals surface area contributed by atoms with E-state index in [0.717, 1.165) is 27.1 Å². The summed E-state index contributed by atoms with van der Waals surface area (Å²) in [6, 6.07) is 14.1. The van der Waals surface area contributed by atoms with Crippen LogP contribution in [0.1, 0.15) is 5.69 Å². The molecule has 0 aliphatic carbocycles. The third kappa shape index (κ3) is 2.64. The van der Waals surface area contributed by atoms with Gasteiger partial charge in [0.1, 0.15) is 5.65 Å². The largest absolute Gasteiger partial charge is 0.302 e. The Hall–Kier alpha value is -1.03. The molecule has 0 unspecified atom stereocenters. The zero-order valence-corrected chi connectivity index (χ0v) is 13.0. The van der Waals surface area contributed by atoms with E-state index in [1.807, 2.05) is 53.1 Å². The van der Waals surface area contributed by atoms with Crippen LogP contribution in [0.15, 0.2) is 53.1 Å². The minimum atomic E-state index is 0. The van der Waals surface area contributed by atoms with Crippen molar-refractivity contribution < 1.29 is 0 Å². The van der Waals surface area contributed by atoms with E-state index >= 15 is 0 Å². The lowest BCUT2D eigenvalue weighted by Crippen LogP contribution is -1.90. The van der Waals surface area contributed by atoms with E-state index in [0.29, 0.717) is 5.88 Å². The summed E-state index contributed by atoms with van der Waals surface area (Å²) >= 11 is 9.50. The van der Waals surface area contributed by atoms with Crippen molar-refractivity contribution in [3.8, 4) is 11.3 Å². The summed E-state index contributed by atoms with van der Waals surface area (Å²) in [5.41, 5.74) is 3.97. The van der Waals surface area contributed by atoms with Gasteiger partial charge < -0.3 is 4.40 Å². The Bertz CT molecular complexity index is 692. The number of nitrogens with zero attached hydrogens (tertiary/aromatic N) is 2. The van der Waals surface area contributed by atoms with Gasteiger partial charge in [0.15, 0.2) is 0 Å². The molecule has 5 heteroatoms. The van der Waals surface area contributed by atoms with Gasteiger partial charge >= 0.3 is 0 Å². The molecular formula is C14H11BrCl2N2. The second-order valence-electron chi connectivity index (χ2n) is 3.98. The maximum Gasteiger partial charge on any atom is 0.137 e. The van der Waals surface area contributed by atoms with Crippen LogP contribution < -0.4 is 0 Å². The fourth-order valence-electron chi connectivity index (χ4n) is 2.01. The fourth-order valence-corrected chi connectivity index (χ4v) is 2.53. The smallest absolute Gasteiger partial charge is 0.137 e. The second-order valence-corrected chi connectivity index (χ2v) is 5.16. The average Bonchev–Trinajstić information content (AvgIpc) is 2.78. The molecule has 3 rings (SSSR count). The lowest BCUT2D eigenvalue weighted by Gasteiger charge is -2.01. The zero-order chi connectivity index (χ0) is 12.5. The first-order valence-electron chi connectivity index (χ1n) is 5.57. The molecule has 1 aromatic carbocycles. The lowest BCUT2D eigenvalue weighted by atomic mass is 10.1. The molecule has 2 nitrogen and oxygen atoms in total. The molecule has 0 radical (unpaired) electrons. The van der Waals surface area contributed by atoms with E-state index in [1.54, 1.807) is 0 Å². The number of hydrogen-bond donors (Lipinski definition) is 0. The zero-order valence-electron chi connectivity index (χ0n) is 9.88. The highest BCUT2D eigenvalue weighted by molar-refractivity contribution is 9.10. The molecule has 98 valence electrons. The highest BCUT2D eigenvalue weighted by Crippen LogP contribution is 2.26. The molecular weight excluding hydrogens is 347 g/mol. The third-order valence-corrected chi connectivity index (χ3v) is 3.65. The average molecular weight is 358 g/mol. The molecule has 0 atom stereocenters. The number of benzene rings is 1. The van der Waals surface area contributed by atoms with Crippen LogP contribution in [0, 0.1) is 0 Å². The lowest BCUT2D eigenvalue weighted by molar-refractivity contribution is 1.09. The highest BCUT2D eigenvalue weighted by atomic mass is 79.9. The quantitative estimate of drug-likeness (QED) is 0.594. The Labute approximate surface area is 131 Å². The summed E-state index contributed by atoms with van der Waals surface area (Å²) < 4.78 is 3.09. The third-order valence-electron chi connectivity index (χ3n) is 2.87. The van der Waals surface area contributed by atoms with Crippen LogP contribution in [-0.4, -0.2) is 9.38 Å². The molecule has 2 heterocycles. The summed E-state index contributed by atoms with van der Waals surface area (Å²) in [6.45, 7) is 0. The summed E-state index contributed by atoms with van der Waals surface area (Å²) in [6.07, 6.45) is 1.99. The molecule has 0 amide bonds. The maximum atomic E-state index is 6.06. The number of halogens is 3. The van der Waals surface area contributed by atoms with Gasteiger partial charge in [-0.2, -0.15) is 0 Å². The fraction of sp³-hybridized carbons (Fsp3) is 0.0714. The predicted octanol–water partition coefficient (Wildman–Crippen LogP) is 4.92. The van der Waals surface area contributed by atoms with Crippen molar-refractivity contribution in [1.82, 2.24) is 9.38 Å². The SMILES string of the molecule is Cl.ClCc1c(-c2ccc(Br)cc2)nc2ccccn12. The van der Waals surface area contributed by atoms with E-state index in [1.165, 1.54) is 0 Å². The van der Waals surface area contributed by atoms with E-state index < -0.39 is 0 Å². The van der Waals surface area contributed by atoms with Crippen molar-refractivity contribution in [1.29, 1.82) is 0 Å². The van der Waals surface area contributed by atoms with Crippen molar-refractivity contribution in [2.24, 2.45) is 0 Å². The van der Waals surface area contributed by atoms with Gasteiger partial charge in [-0.05, 0) is 24.3 Å². The van der Waals surface area contributed by atoms with Crippen LogP contribution in [0.25, 0.3) is 16.9 Å². The Kier molecular flexibility index (Phi) is 4.50. The number of alkyl halides is 1. The number of aromatic nitrogens is 2. The van der Waals surface area contributed by atoms with Gasteiger partial charge in [-0.15, -0.1) is 24.0 Å². The molecule has 3 aromatic rings. The highest BCUT2D eigenvalue weighted by Gasteiger charge is 2.12. The monoisotopic (exact) mass is 356 g/mol. The van der Waals surface area contributed by atoms with Gasteiger partial charge in [0, 0.05) is 16.2 Å². The molecule has 0 aliphatic heterocycles.